The lowest BCUT2D eigenvalue weighted by atomic mass is 10.2. The molecule has 4 nitrogen and oxygen atoms in total. The molecule has 4 heterocycles. The second-order valence-corrected chi connectivity index (χ2v) is 8.45. The van der Waals surface area contributed by atoms with Crippen LogP contribution in [0.3, 0.4) is 0 Å². The lowest BCUT2D eigenvalue weighted by molar-refractivity contribution is 0.193. The number of para-hydroxylation sites is 1. The number of hydrogen-bond donors (Lipinski definition) is 0. The standard InChI is InChI=1S/C17H16N4S3/c22-17-20(11-19-9-3-6-12(19)14-8-4-10-23-14)18-16-21(17)13-5-1-2-7-15(13)24-16/h1-2,4-5,7-8,10,12H,3,6,9,11H2. The Balaban J connectivity index is 1.53. The van der Waals surface area contributed by atoms with Gasteiger partial charge in [-0.2, -0.15) is 0 Å². The Kier molecular flexibility index (Phi) is 3.55. The van der Waals surface area contributed by atoms with Crippen molar-refractivity contribution in [3.8, 4) is 0 Å². The van der Waals surface area contributed by atoms with Gasteiger partial charge in [0.15, 0.2) is 0 Å². The lowest BCUT2D eigenvalue weighted by Crippen LogP contribution is -2.26. The molecule has 4 aromatic rings. The average Bonchev–Trinajstić information content (AvgIpc) is 3.34. The Labute approximate surface area is 152 Å². The minimum Gasteiger partial charge on any atom is -0.276 e. The number of hydrogen-bond acceptors (Lipinski definition) is 5. The molecule has 1 aliphatic rings. The minimum absolute atomic E-state index is 0.503. The highest BCUT2D eigenvalue weighted by Crippen LogP contribution is 2.35. The number of aromatic nitrogens is 3. The molecular weight excluding hydrogens is 356 g/mol. The second kappa shape index (κ2) is 5.77. The van der Waals surface area contributed by atoms with Crippen LogP contribution in [-0.2, 0) is 6.67 Å². The van der Waals surface area contributed by atoms with Crippen LogP contribution >= 0.6 is 34.9 Å². The summed E-state index contributed by atoms with van der Waals surface area (Å²) in [6.07, 6.45) is 2.46. The molecule has 0 spiro atoms. The van der Waals surface area contributed by atoms with E-state index in [0.29, 0.717) is 6.04 Å². The van der Waals surface area contributed by atoms with E-state index in [-0.39, 0.29) is 0 Å². The first-order valence-corrected chi connectivity index (χ1v) is 10.2. The first-order valence-electron chi connectivity index (χ1n) is 8.06. The predicted molar refractivity (Wildman–Crippen MR) is 102 cm³/mol. The molecule has 1 atom stereocenters. The van der Waals surface area contributed by atoms with Gasteiger partial charge in [-0.3, -0.25) is 9.30 Å². The molecule has 0 amide bonds. The molecule has 1 aliphatic heterocycles. The molecule has 1 saturated heterocycles. The van der Waals surface area contributed by atoms with Gasteiger partial charge in [-0.05, 0) is 48.6 Å². The highest BCUT2D eigenvalue weighted by molar-refractivity contribution is 7.71. The van der Waals surface area contributed by atoms with Gasteiger partial charge < -0.3 is 0 Å². The Morgan fingerprint density at radius 1 is 1.21 bits per heavy atom. The summed E-state index contributed by atoms with van der Waals surface area (Å²) in [7, 11) is 0. The Morgan fingerprint density at radius 2 is 2.12 bits per heavy atom. The number of thiazole rings is 1. The third kappa shape index (κ3) is 2.27. The molecule has 5 rings (SSSR count). The second-order valence-electron chi connectivity index (χ2n) is 6.10. The summed E-state index contributed by atoms with van der Waals surface area (Å²) in [6.45, 7) is 1.88. The minimum atomic E-state index is 0.503. The van der Waals surface area contributed by atoms with Crippen LogP contribution < -0.4 is 0 Å². The van der Waals surface area contributed by atoms with Crippen LogP contribution in [0.5, 0.6) is 0 Å². The van der Waals surface area contributed by atoms with Crippen molar-refractivity contribution < 1.29 is 0 Å². The van der Waals surface area contributed by atoms with Crippen LogP contribution in [0.4, 0.5) is 0 Å². The molecule has 0 aliphatic carbocycles. The van der Waals surface area contributed by atoms with E-state index in [9.17, 15) is 0 Å². The number of rotatable bonds is 3. The summed E-state index contributed by atoms with van der Waals surface area (Å²) in [5.74, 6) is 0. The summed E-state index contributed by atoms with van der Waals surface area (Å²) in [4.78, 5) is 4.93. The van der Waals surface area contributed by atoms with Crippen LogP contribution in [0.2, 0.25) is 0 Å². The number of benzene rings is 1. The molecule has 1 unspecified atom stereocenters. The topological polar surface area (TPSA) is 25.5 Å². The van der Waals surface area contributed by atoms with Crippen molar-refractivity contribution in [2.75, 3.05) is 6.54 Å². The molecular formula is C17H16N4S3. The largest absolute Gasteiger partial charge is 0.276 e. The molecule has 1 aromatic carbocycles. The zero-order valence-corrected chi connectivity index (χ0v) is 15.4. The Hall–Kier alpha value is -1.54. The van der Waals surface area contributed by atoms with Crippen molar-refractivity contribution in [1.29, 1.82) is 0 Å². The normalized spacial score (nSPS) is 18.9. The maximum Gasteiger partial charge on any atom is 0.216 e. The van der Waals surface area contributed by atoms with Crippen molar-refractivity contribution in [3.63, 3.8) is 0 Å². The van der Waals surface area contributed by atoms with E-state index >= 15 is 0 Å². The molecule has 1 fully saturated rings. The van der Waals surface area contributed by atoms with Crippen LogP contribution in [0.1, 0.15) is 23.8 Å². The van der Waals surface area contributed by atoms with Crippen molar-refractivity contribution in [1.82, 2.24) is 19.1 Å². The molecule has 0 bridgehead atoms. The van der Waals surface area contributed by atoms with Crippen LogP contribution in [-0.4, -0.2) is 25.6 Å². The monoisotopic (exact) mass is 372 g/mol. The van der Waals surface area contributed by atoms with Gasteiger partial charge in [0, 0.05) is 17.5 Å². The van der Waals surface area contributed by atoms with Gasteiger partial charge in [-0.25, -0.2) is 4.68 Å². The highest BCUT2D eigenvalue weighted by Gasteiger charge is 2.27. The number of nitrogens with zero attached hydrogens (tertiary/aromatic N) is 4. The van der Waals surface area contributed by atoms with Gasteiger partial charge >= 0.3 is 0 Å². The predicted octanol–water partition coefficient (Wildman–Crippen LogP) is 4.94. The first-order chi connectivity index (χ1) is 11.8. The molecule has 3 aromatic heterocycles. The summed E-state index contributed by atoms with van der Waals surface area (Å²) in [6, 6.07) is 13.2. The van der Waals surface area contributed by atoms with E-state index in [0.717, 1.165) is 28.5 Å². The average molecular weight is 373 g/mol. The van der Waals surface area contributed by atoms with E-state index in [1.54, 1.807) is 11.3 Å². The fourth-order valence-electron chi connectivity index (χ4n) is 3.55. The van der Waals surface area contributed by atoms with E-state index in [1.165, 1.54) is 22.4 Å². The Morgan fingerprint density at radius 3 is 3.00 bits per heavy atom. The van der Waals surface area contributed by atoms with Crippen molar-refractivity contribution in [3.05, 3.63) is 51.4 Å². The van der Waals surface area contributed by atoms with Crippen molar-refractivity contribution >= 4 is 50.1 Å². The van der Waals surface area contributed by atoms with E-state index in [4.69, 9.17) is 17.3 Å². The zero-order valence-electron chi connectivity index (χ0n) is 13.0. The quantitative estimate of drug-likeness (QED) is 0.477. The number of fused-ring (bicyclic) bond motifs is 3. The zero-order chi connectivity index (χ0) is 16.1. The number of thiophene rings is 1. The fourth-order valence-corrected chi connectivity index (χ4v) is 5.81. The maximum atomic E-state index is 5.73. The maximum absolute atomic E-state index is 5.73. The van der Waals surface area contributed by atoms with Gasteiger partial charge in [-0.1, -0.05) is 29.5 Å². The lowest BCUT2D eigenvalue weighted by Gasteiger charge is -2.23. The van der Waals surface area contributed by atoms with Gasteiger partial charge in [0.1, 0.15) is 0 Å². The van der Waals surface area contributed by atoms with Gasteiger partial charge in [0.25, 0.3) is 0 Å². The smallest absolute Gasteiger partial charge is 0.216 e. The summed E-state index contributed by atoms with van der Waals surface area (Å²) >= 11 is 9.28. The van der Waals surface area contributed by atoms with E-state index < -0.39 is 0 Å². The fraction of sp³-hybridized carbons (Fsp3) is 0.294. The summed E-state index contributed by atoms with van der Waals surface area (Å²) in [5, 5.41) is 6.95. The van der Waals surface area contributed by atoms with Gasteiger partial charge in [-0.15, -0.1) is 16.4 Å². The third-order valence-electron chi connectivity index (χ3n) is 4.67. The molecule has 0 N–H and O–H groups in total. The Bertz CT molecular complexity index is 1060. The van der Waals surface area contributed by atoms with Crippen LogP contribution in [0, 0.1) is 4.77 Å². The molecule has 0 saturated carbocycles. The van der Waals surface area contributed by atoms with Gasteiger partial charge in [0.2, 0.25) is 9.73 Å². The molecule has 24 heavy (non-hydrogen) atoms. The first kappa shape index (κ1) is 14.8. The van der Waals surface area contributed by atoms with Crippen molar-refractivity contribution in [2.45, 2.75) is 25.6 Å². The SMILES string of the molecule is S=c1n(CN2CCCC2c2cccs2)nc2sc3ccccc3n12. The van der Waals surface area contributed by atoms with E-state index in [2.05, 4.69) is 51.1 Å². The molecule has 0 radical (unpaired) electrons. The van der Waals surface area contributed by atoms with Crippen molar-refractivity contribution in [2.24, 2.45) is 0 Å². The third-order valence-corrected chi connectivity index (χ3v) is 7.05. The van der Waals surface area contributed by atoms with E-state index in [1.807, 2.05) is 16.0 Å². The van der Waals surface area contributed by atoms with Gasteiger partial charge in [0.05, 0.1) is 16.9 Å². The van der Waals surface area contributed by atoms with Crippen LogP contribution in [0.25, 0.3) is 15.2 Å². The molecule has 122 valence electrons. The molecule has 7 heteroatoms. The number of likely N-dealkylation sites (tertiary alicyclic amines) is 1. The van der Waals surface area contributed by atoms with Crippen LogP contribution in [0.15, 0.2) is 41.8 Å². The summed E-state index contributed by atoms with van der Waals surface area (Å²) < 4.78 is 6.11. The highest BCUT2D eigenvalue weighted by atomic mass is 32.1. The summed E-state index contributed by atoms with van der Waals surface area (Å²) in [5.41, 5.74) is 1.16.